The fraction of sp³-hybridized carbons (Fsp3) is 0.462. The van der Waals surface area contributed by atoms with Crippen LogP contribution < -0.4 is 9.47 Å². The SMILES string of the molecule is COc1cc(-c2ccccc2C=O)c(C(=O)N(C)C([Si](C)(C)C)[Si](C)(C)C)cc1OC(C)C. The molecule has 0 bridgehead atoms. The number of rotatable bonds is 9. The van der Waals surface area contributed by atoms with Crippen molar-refractivity contribution < 1.29 is 19.1 Å². The molecule has 0 heterocycles. The van der Waals surface area contributed by atoms with Crippen molar-refractivity contribution in [2.24, 2.45) is 0 Å². The molecule has 0 fully saturated rings. The molecule has 1 amide bonds. The molecule has 0 radical (unpaired) electrons. The zero-order valence-electron chi connectivity index (χ0n) is 21.8. The summed E-state index contributed by atoms with van der Waals surface area (Å²) in [4.78, 5) is 27.9. The van der Waals surface area contributed by atoms with Crippen LogP contribution in [-0.2, 0) is 0 Å². The third-order valence-electron chi connectivity index (χ3n) is 5.62. The van der Waals surface area contributed by atoms with E-state index in [1.165, 1.54) is 0 Å². The topological polar surface area (TPSA) is 55.8 Å². The summed E-state index contributed by atoms with van der Waals surface area (Å²) in [5, 5.41) is 0.239. The average molecular weight is 486 g/mol. The van der Waals surface area contributed by atoms with Gasteiger partial charge in [0, 0.05) is 17.9 Å². The molecule has 0 unspecified atom stereocenters. The van der Waals surface area contributed by atoms with Crippen LogP contribution in [0, 0.1) is 0 Å². The highest BCUT2D eigenvalue weighted by atomic mass is 28.4. The van der Waals surface area contributed by atoms with Crippen LogP contribution in [0.5, 0.6) is 11.5 Å². The third-order valence-corrected chi connectivity index (χ3v) is 14.9. The van der Waals surface area contributed by atoms with Crippen molar-refractivity contribution in [3.8, 4) is 22.6 Å². The van der Waals surface area contributed by atoms with Gasteiger partial charge in [0.05, 0.1) is 34.9 Å². The fourth-order valence-corrected chi connectivity index (χ4v) is 18.0. The Balaban J connectivity index is 2.80. The molecule has 0 saturated heterocycles. The Hall–Kier alpha value is -2.39. The summed E-state index contributed by atoms with van der Waals surface area (Å²) >= 11 is 0. The van der Waals surface area contributed by atoms with Crippen LogP contribution in [0.15, 0.2) is 36.4 Å². The number of hydrogen-bond acceptors (Lipinski definition) is 4. The van der Waals surface area contributed by atoms with Gasteiger partial charge in [0.15, 0.2) is 17.8 Å². The van der Waals surface area contributed by atoms with Crippen molar-refractivity contribution in [2.75, 3.05) is 14.2 Å². The standard InChI is InChI=1S/C26H39NO4Si2/c1-18(2)31-24-16-22(25(29)27(3)26(32(5,6)7)33(8,9)10)21(15-23(24)30-4)20-14-12-11-13-19(20)17-28/h11-18,26H,1-10H3. The summed E-state index contributed by atoms with van der Waals surface area (Å²) in [5.74, 6) is 0.997. The molecule has 33 heavy (non-hydrogen) atoms. The summed E-state index contributed by atoms with van der Waals surface area (Å²) in [5.41, 5.74) is 2.43. The first-order valence-electron chi connectivity index (χ1n) is 11.4. The van der Waals surface area contributed by atoms with Crippen molar-refractivity contribution in [1.29, 1.82) is 0 Å². The van der Waals surface area contributed by atoms with Crippen LogP contribution in [-0.4, -0.2) is 58.8 Å². The van der Waals surface area contributed by atoms with E-state index in [-0.39, 0.29) is 17.3 Å². The number of methoxy groups -OCH3 is 1. The van der Waals surface area contributed by atoms with Gasteiger partial charge in [-0.3, -0.25) is 9.59 Å². The summed E-state index contributed by atoms with van der Waals surface area (Å²) < 4.78 is 11.6. The van der Waals surface area contributed by atoms with E-state index in [9.17, 15) is 9.59 Å². The van der Waals surface area contributed by atoms with Crippen LogP contribution in [0.2, 0.25) is 39.3 Å². The molecule has 0 aliphatic carbocycles. The second-order valence-corrected chi connectivity index (χ2v) is 22.1. The lowest BCUT2D eigenvalue weighted by atomic mass is 9.94. The van der Waals surface area contributed by atoms with Gasteiger partial charge in [-0.2, -0.15) is 0 Å². The Kier molecular flexibility index (Phi) is 8.35. The van der Waals surface area contributed by atoms with E-state index in [2.05, 4.69) is 39.3 Å². The summed E-state index contributed by atoms with van der Waals surface area (Å²) in [6.07, 6.45) is 0.745. The van der Waals surface area contributed by atoms with Crippen LogP contribution in [0.25, 0.3) is 11.1 Å². The van der Waals surface area contributed by atoms with Crippen molar-refractivity contribution in [1.82, 2.24) is 4.90 Å². The van der Waals surface area contributed by atoms with Gasteiger partial charge in [0.25, 0.3) is 5.91 Å². The van der Waals surface area contributed by atoms with E-state index < -0.39 is 16.1 Å². The van der Waals surface area contributed by atoms with Crippen molar-refractivity contribution in [2.45, 2.75) is 64.5 Å². The first-order chi connectivity index (χ1) is 15.2. The van der Waals surface area contributed by atoms with Crippen LogP contribution in [0.4, 0.5) is 0 Å². The van der Waals surface area contributed by atoms with Gasteiger partial charge in [0.1, 0.15) is 0 Å². The van der Waals surface area contributed by atoms with Crippen LogP contribution in [0.3, 0.4) is 0 Å². The molecule has 0 aliphatic rings. The number of carbonyl (C=O) groups excluding carboxylic acids is 2. The Morgan fingerprint density at radius 3 is 2.00 bits per heavy atom. The van der Waals surface area contributed by atoms with Gasteiger partial charge in [-0.15, -0.1) is 0 Å². The minimum atomic E-state index is -1.70. The number of benzene rings is 2. The lowest BCUT2D eigenvalue weighted by Gasteiger charge is -2.44. The molecule has 0 aliphatic heterocycles. The zero-order chi connectivity index (χ0) is 25.1. The van der Waals surface area contributed by atoms with Gasteiger partial charge in [-0.1, -0.05) is 63.5 Å². The molecule has 0 aromatic heterocycles. The molecule has 2 aromatic rings. The van der Waals surface area contributed by atoms with E-state index in [4.69, 9.17) is 9.47 Å². The predicted octanol–water partition coefficient (Wildman–Crippen LogP) is 6.16. The molecule has 180 valence electrons. The highest BCUT2D eigenvalue weighted by Crippen LogP contribution is 2.39. The lowest BCUT2D eigenvalue weighted by Crippen LogP contribution is -2.63. The number of ether oxygens (including phenoxy) is 2. The second-order valence-electron chi connectivity index (χ2n) is 11.0. The predicted molar refractivity (Wildman–Crippen MR) is 142 cm³/mol. The highest BCUT2D eigenvalue weighted by Gasteiger charge is 2.42. The number of aldehydes is 1. The smallest absolute Gasteiger partial charge is 0.254 e. The Morgan fingerprint density at radius 1 is 0.939 bits per heavy atom. The van der Waals surface area contributed by atoms with Crippen molar-refractivity contribution >= 4 is 28.3 Å². The van der Waals surface area contributed by atoms with Gasteiger partial charge in [0.2, 0.25) is 0 Å². The summed E-state index contributed by atoms with van der Waals surface area (Å²) in [6.45, 7) is 17.8. The summed E-state index contributed by atoms with van der Waals surface area (Å²) in [6, 6.07) is 10.9. The van der Waals surface area contributed by atoms with Gasteiger partial charge in [-0.25, -0.2) is 0 Å². The normalized spacial score (nSPS) is 12.1. The zero-order valence-corrected chi connectivity index (χ0v) is 23.8. The van der Waals surface area contributed by atoms with Crippen molar-refractivity contribution in [3.05, 3.63) is 47.5 Å². The van der Waals surface area contributed by atoms with Gasteiger partial charge >= 0.3 is 0 Å². The molecule has 0 saturated carbocycles. The number of carbonyl (C=O) groups is 2. The fourth-order valence-electron chi connectivity index (χ4n) is 5.08. The molecule has 7 heteroatoms. The van der Waals surface area contributed by atoms with E-state index in [1.807, 2.05) is 50.1 Å². The highest BCUT2D eigenvalue weighted by molar-refractivity contribution is 6.96. The monoisotopic (exact) mass is 485 g/mol. The minimum absolute atomic E-state index is 0.0585. The molecule has 0 N–H and O–H groups in total. The molecule has 2 rings (SSSR count). The number of amides is 1. The maximum atomic E-state index is 14.1. The van der Waals surface area contributed by atoms with E-state index in [1.54, 1.807) is 19.2 Å². The Bertz CT molecular complexity index is 992. The maximum Gasteiger partial charge on any atom is 0.254 e. The summed E-state index contributed by atoms with van der Waals surface area (Å²) in [7, 11) is 0.108. The number of nitrogens with zero attached hydrogens (tertiary/aromatic N) is 1. The first kappa shape index (κ1) is 26.9. The molecule has 0 spiro atoms. The van der Waals surface area contributed by atoms with Gasteiger partial charge in [-0.05, 0) is 37.1 Å². The molecular weight excluding hydrogens is 446 g/mol. The quantitative estimate of drug-likeness (QED) is 0.315. The average Bonchev–Trinajstić information content (AvgIpc) is 2.70. The van der Waals surface area contributed by atoms with Crippen LogP contribution in [0.1, 0.15) is 34.6 Å². The first-order valence-corrected chi connectivity index (χ1v) is 18.6. The maximum absolute atomic E-state index is 14.1. The Labute approximate surface area is 201 Å². The molecule has 2 aromatic carbocycles. The third kappa shape index (κ3) is 6.15. The minimum Gasteiger partial charge on any atom is -0.493 e. The van der Waals surface area contributed by atoms with Gasteiger partial charge < -0.3 is 14.4 Å². The molecule has 0 atom stereocenters. The Morgan fingerprint density at radius 2 is 1.52 bits per heavy atom. The number of hydrogen-bond donors (Lipinski definition) is 0. The van der Waals surface area contributed by atoms with E-state index in [0.29, 0.717) is 33.8 Å². The van der Waals surface area contributed by atoms with Crippen molar-refractivity contribution in [3.63, 3.8) is 0 Å². The van der Waals surface area contributed by atoms with E-state index >= 15 is 0 Å². The molecule has 5 nitrogen and oxygen atoms in total. The van der Waals surface area contributed by atoms with Crippen LogP contribution >= 0.6 is 0 Å². The van der Waals surface area contributed by atoms with E-state index in [0.717, 1.165) is 6.29 Å². The second kappa shape index (κ2) is 10.3. The largest absolute Gasteiger partial charge is 0.493 e. The molecular formula is C26H39NO4Si2. The lowest BCUT2D eigenvalue weighted by molar-refractivity contribution is 0.0797.